The van der Waals surface area contributed by atoms with Crippen LogP contribution in [0, 0.1) is 0 Å². The molecule has 0 aliphatic carbocycles. The molecule has 0 aromatic carbocycles. The number of hydrogen-bond donors (Lipinski definition) is 1. The molecule has 2 heterocycles. The van der Waals surface area contributed by atoms with Gasteiger partial charge in [0.15, 0.2) is 0 Å². The normalized spacial score (nSPS) is 21.0. The van der Waals surface area contributed by atoms with E-state index in [2.05, 4.69) is 4.98 Å². The van der Waals surface area contributed by atoms with E-state index >= 15 is 0 Å². The van der Waals surface area contributed by atoms with Crippen LogP contribution in [0.2, 0.25) is 5.02 Å². The predicted molar refractivity (Wildman–Crippen MR) is 57.1 cm³/mol. The summed E-state index contributed by atoms with van der Waals surface area (Å²) >= 11 is 5.78. The lowest BCUT2D eigenvalue weighted by Crippen LogP contribution is -2.23. The summed E-state index contributed by atoms with van der Waals surface area (Å²) in [6.07, 6.45) is -3.60. The van der Waals surface area contributed by atoms with Crippen LogP contribution < -0.4 is 4.90 Å². The molecule has 1 atom stereocenters. The van der Waals surface area contributed by atoms with Crippen LogP contribution in [-0.2, 0) is 6.18 Å². The largest absolute Gasteiger partial charge is 0.417 e. The van der Waals surface area contributed by atoms with Crippen molar-refractivity contribution in [2.24, 2.45) is 0 Å². The van der Waals surface area contributed by atoms with Gasteiger partial charge in [-0.15, -0.1) is 0 Å². The summed E-state index contributed by atoms with van der Waals surface area (Å²) in [5, 5.41) is 9.30. The first kappa shape index (κ1) is 12.4. The first-order valence-corrected chi connectivity index (χ1v) is 5.41. The highest BCUT2D eigenvalue weighted by atomic mass is 35.5. The van der Waals surface area contributed by atoms with Crippen molar-refractivity contribution in [3.05, 3.63) is 22.8 Å². The van der Waals surface area contributed by atoms with E-state index in [1.807, 2.05) is 0 Å². The van der Waals surface area contributed by atoms with E-state index in [9.17, 15) is 18.3 Å². The Morgan fingerprint density at radius 2 is 2.18 bits per heavy atom. The zero-order valence-electron chi connectivity index (χ0n) is 8.71. The van der Waals surface area contributed by atoms with Crippen molar-refractivity contribution < 1.29 is 18.3 Å². The molecule has 0 unspecified atom stereocenters. The number of alkyl halides is 3. The molecule has 0 amide bonds. The molecule has 1 saturated heterocycles. The van der Waals surface area contributed by atoms with Crippen LogP contribution >= 0.6 is 11.6 Å². The van der Waals surface area contributed by atoms with Crippen molar-refractivity contribution in [1.29, 1.82) is 0 Å². The van der Waals surface area contributed by atoms with Gasteiger partial charge in [0, 0.05) is 19.3 Å². The predicted octanol–water partition coefficient (Wildman–Crippen LogP) is 2.32. The maximum Gasteiger partial charge on any atom is 0.417 e. The Morgan fingerprint density at radius 1 is 1.47 bits per heavy atom. The minimum atomic E-state index is -4.44. The number of pyridine rings is 1. The first-order valence-electron chi connectivity index (χ1n) is 5.03. The fourth-order valence-electron chi connectivity index (χ4n) is 1.75. The number of aromatic nitrogens is 1. The van der Waals surface area contributed by atoms with Crippen LogP contribution in [0.15, 0.2) is 12.3 Å². The molecule has 3 nitrogen and oxygen atoms in total. The van der Waals surface area contributed by atoms with E-state index in [0.717, 1.165) is 12.3 Å². The van der Waals surface area contributed by atoms with Gasteiger partial charge >= 0.3 is 6.18 Å². The molecule has 0 bridgehead atoms. The molecule has 1 aromatic heterocycles. The summed E-state index contributed by atoms with van der Waals surface area (Å²) in [5.41, 5.74) is -0.869. The molecule has 1 aromatic rings. The fourth-order valence-corrected chi connectivity index (χ4v) is 2.04. The van der Waals surface area contributed by atoms with Crippen LogP contribution in [0.3, 0.4) is 0 Å². The zero-order chi connectivity index (χ0) is 12.6. The SMILES string of the molecule is O[C@@H]1CCN(c2ncc(C(F)(F)F)cc2Cl)C1. The van der Waals surface area contributed by atoms with Crippen LogP contribution in [0.1, 0.15) is 12.0 Å². The van der Waals surface area contributed by atoms with E-state index in [0.29, 0.717) is 19.5 Å². The van der Waals surface area contributed by atoms with Gasteiger partial charge in [-0.1, -0.05) is 11.6 Å². The molecule has 1 aliphatic rings. The Hall–Kier alpha value is -1.01. The Balaban J connectivity index is 2.26. The van der Waals surface area contributed by atoms with Crippen molar-refractivity contribution in [2.75, 3.05) is 18.0 Å². The zero-order valence-corrected chi connectivity index (χ0v) is 9.46. The third-order valence-electron chi connectivity index (χ3n) is 2.61. The molecule has 17 heavy (non-hydrogen) atoms. The van der Waals surface area contributed by atoms with Gasteiger partial charge in [0.25, 0.3) is 0 Å². The molecule has 1 N–H and O–H groups in total. The summed E-state index contributed by atoms with van der Waals surface area (Å²) < 4.78 is 37.2. The monoisotopic (exact) mass is 266 g/mol. The molecular weight excluding hydrogens is 257 g/mol. The van der Waals surface area contributed by atoms with E-state index in [1.54, 1.807) is 4.90 Å². The number of aliphatic hydroxyl groups excluding tert-OH is 1. The minimum Gasteiger partial charge on any atom is -0.391 e. The van der Waals surface area contributed by atoms with Gasteiger partial charge in [-0.2, -0.15) is 13.2 Å². The first-order chi connectivity index (χ1) is 7.88. The van der Waals surface area contributed by atoms with E-state index in [4.69, 9.17) is 11.6 Å². The molecule has 0 spiro atoms. The lowest BCUT2D eigenvalue weighted by atomic mass is 10.2. The van der Waals surface area contributed by atoms with Gasteiger partial charge < -0.3 is 10.0 Å². The minimum absolute atomic E-state index is 0.0473. The third-order valence-corrected chi connectivity index (χ3v) is 2.89. The molecule has 0 radical (unpaired) electrons. The van der Waals surface area contributed by atoms with E-state index in [1.165, 1.54) is 0 Å². The fraction of sp³-hybridized carbons (Fsp3) is 0.500. The maximum atomic E-state index is 12.4. The topological polar surface area (TPSA) is 36.4 Å². The summed E-state index contributed by atoms with van der Waals surface area (Å²) in [4.78, 5) is 5.40. The van der Waals surface area contributed by atoms with E-state index < -0.39 is 17.8 Å². The lowest BCUT2D eigenvalue weighted by Gasteiger charge is -2.18. The highest BCUT2D eigenvalue weighted by Crippen LogP contribution is 2.34. The molecular formula is C10H10ClF3N2O. The average molecular weight is 267 g/mol. The Morgan fingerprint density at radius 3 is 2.65 bits per heavy atom. The summed E-state index contributed by atoms with van der Waals surface area (Å²) in [7, 11) is 0. The lowest BCUT2D eigenvalue weighted by molar-refractivity contribution is -0.137. The van der Waals surface area contributed by atoms with Crippen molar-refractivity contribution >= 4 is 17.4 Å². The van der Waals surface area contributed by atoms with Gasteiger partial charge in [0.1, 0.15) is 5.82 Å². The van der Waals surface area contributed by atoms with Gasteiger partial charge in [-0.25, -0.2) is 4.98 Å². The summed E-state index contributed by atoms with van der Waals surface area (Å²) in [6.45, 7) is 0.886. The number of anilines is 1. The average Bonchev–Trinajstić information content (AvgIpc) is 2.63. The van der Waals surface area contributed by atoms with Gasteiger partial charge in [0.05, 0.1) is 16.7 Å². The molecule has 1 aliphatic heterocycles. The number of rotatable bonds is 1. The van der Waals surface area contributed by atoms with E-state index in [-0.39, 0.29) is 10.8 Å². The molecule has 94 valence electrons. The second-order valence-electron chi connectivity index (χ2n) is 3.92. The van der Waals surface area contributed by atoms with Crippen molar-refractivity contribution in [3.8, 4) is 0 Å². The molecule has 0 saturated carbocycles. The molecule has 2 rings (SSSR count). The summed E-state index contributed by atoms with van der Waals surface area (Å²) in [6, 6.07) is 0.856. The second kappa shape index (κ2) is 4.34. The molecule has 7 heteroatoms. The summed E-state index contributed by atoms with van der Waals surface area (Å²) in [5.74, 6) is 0.288. The van der Waals surface area contributed by atoms with Crippen molar-refractivity contribution in [2.45, 2.75) is 18.7 Å². The van der Waals surface area contributed by atoms with Crippen LogP contribution in [-0.4, -0.2) is 29.3 Å². The quantitative estimate of drug-likeness (QED) is 0.847. The number of β-amino-alcohol motifs (C(OH)–C–C–N with tert-alkyl or cyclic N) is 1. The van der Waals surface area contributed by atoms with Crippen LogP contribution in [0.5, 0.6) is 0 Å². The number of nitrogens with zero attached hydrogens (tertiary/aromatic N) is 2. The van der Waals surface area contributed by atoms with Gasteiger partial charge in [0.2, 0.25) is 0 Å². The third kappa shape index (κ3) is 2.63. The second-order valence-corrected chi connectivity index (χ2v) is 4.32. The standard InChI is InChI=1S/C10H10ClF3N2O/c11-8-3-6(10(12,13)14)4-15-9(8)16-2-1-7(17)5-16/h3-4,7,17H,1-2,5H2/t7-/m1/s1. The van der Waals surface area contributed by atoms with Gasteiger partial charge in [-0.3, -0.25) is 0 Å². The number of aliphatic hydroxyl groups is 1. The van der Waals surface area contributed by atoms with Crippen molar-refractivity contribution in [3.63, 3.8) is 0 Å². The molecule has 1 fully saturated rings. The Kier molecular flexibility index (Phi) is 3.18. The number of halogens is 4. The highest BCUT2D eigenvalue weighted by Gasteiger charge is 2.32. The van der Waals surface area contributed by atoms with Crippen LogP contribution in [0.4, 0.5) is 19.0 Å². The highest BCUT2D eigenvalue weighted by molar-refractivity contribution is 6.33. The van der Waals surface area contributed by atoms with Gasteiger partial charge in [-0.05, 0) is 12.5 Å². The Labute approximate surface area is 101 Å². The Bertz CT molecular complexity index is 425. The van der Waals surface area contributed by atoms with Crippen molar-refractivity contribution in [1.82, 2.24) is 4.98 Å². The maximum absolute atomic E-state index is 12.4. The van der Waals surface area contributed by atoms with Crippen LogP contribution in [0.25, 0.3) is 0 Å². The smallest absolute Gasteiger partial charge is 0.391 e. The number of hydrogen-bond acceptors (Lipinski definition) is 3.